The lowest BCUT2D eigenvalue weighted by molar-refractivity contribution is -0.153. The molecule has 1 aromatic carbocycles. The van der Waals surface area contributed by atoms with E-state index in [9.17, 15) is 9.90 Å². The van der Waals surface area contributed by atoms with Crippen LogP contribution in [0.5, 0.6) is 0 Å². The molecule has 0 amide bonds. The molecule has 21 heavy (non-hydrogen) atoms. The number of benzene rings is 1. The first-order valence-corrected chi connectivity index (χ1v) is 8.37. The molecule has 116 valence electrons. The molecule has 0 bridgehead atoms. The van der Waals surface area contributed by atoms with Gasteiger partial charge in [0, 0.05) is 17.6 Å². The van der Waals surface area contributed by atoms with Gasteiger partial charge in [0.15, 0.2) is 0 Å². The van der Waals surface area contributed by atoms with Crippen molar-refractivity contribution in [3.63, 3.8) is 0 Å². The predicted molar refractivity (Wildman–Crippen MR) is 88.2 cm³/mol. The Balaban J connectivity index is 2.07. The van der Waals surface area contributed by atoms with E-state index in [1.807, 2.05) is 25.2 Å². The van der Waals surface area contributed by atoms with Gasteiger partial charge in [-0.15, -0.1) is 0 Å². The normalized spacial score (nSPS) is 26.0. The maximum absolute atomic E-state index is 11.8. The van der Waals surface area contributed by atoms with Gasteiger partial charge in [-0.3, -0.25) is 4.79 Å². The molecule has 2 atom stereocenters. The van der Waals surface area contributed by atoms with Crippen LogP contribution in [-0.2, 0) is 11.3 Å². The highest BCUT2D eigenvalue weighted by Crippen LogP contribution is 2.40. The van der Waals surface area contributed by atoms with Gasteiger partial charge in [-0.1, -0.05) is 53.9 Å². The molecular weight excluding hydrogens is 330 g/mol. The van der Waals surface area contributed by atoms with Gasteiger partial charge in [0.05, 0.1) is 5.41 Å². The van der Waals surface area contributed by atoms with Crippen molar-refractivity contribution >= 4 is 21.9 Å². The zero-order valence-electron chi connectivity index (χ0n) is 12.8. The number of rotatable bonds is 5. The van der Waals surface area contributed by atoms with E-state index < -0.39 is 11.4 Å². The van der Waals surface area contributed by atoms with Gasteiger partial charge in [0.1, 0.15) is 0 Å². The Morgan fingerprint density at radius 2 is 2.19 bits per heavy atom. The second kappa shape index (κ2) is 6.93. The summed E-state index contributed by atoms with van der Waals surface area (Å²) in [5.41, 5.74) is 0.623. The fourth-order valence-corrected chi connectivity index (χ4v) is 3.97. The Hall–Kier alpha value is -0.870. The summed E-state index contributed by atoms with van der Waals surface area (Å²) in [4.78, 5) is 14.0. The average molecular weight is 354 g/mol. The molecule has 3 nitrogen and oxygen atoms in total. The summed E-state index contributed by atoms with van der Waals surface area (Å²) in [6.07, 6.45) is 3.77. The molecule has 1 N–H and O–H groups in total. The van der Waals surface area contributed by atoms with Crippen molar-refractivity contribution in [2.45, 2.75) is 39.2 Å². The first-order valence-electron chi connectivity index (χ1n) is 7.58. The molecule has 1 aromatic rings. The Morgan fingerprint density at radius 3 is 2.81 bits per heavy atom. The van der Waals surface area contributed by atoms with Crippen molar-refractivity contribution in [2.75, 3.05) is 13.6 Å². The molecular formula is C17H24BrNO2. The summed E-state index contributed by atoms with van der Waals surface area (Å²) in [6.45, 7) is 3.56. The quantitative estimate of drug-likeness (QED) is 0.863. The molecule has 0 heterocycles. The third-order valence-electron chi connectivity index (χ3n) is 4.52. The molecule has 0 spiro atoms. The minimum atomic E-state index is -0.631. The van der Waals surface area contributed by atoms with Gasteiger partial charge in [0.2, 0.25) is 0 Å². The summed E-state index contributed by atoms with van der Waals surface area (Å²) in [5.74, 6) is -0.125. The smallest absolute Gasteiger partial charge is 0.310 e. The minimum absolute atomic E-state index is 0.506. The zero-order chi connectivity index (χ0) is 15.5. The first kappa shape index (κ1) is 16.5. The number of carboxylic acid groups (broad SMARTS) is 1. The van der Waals surface area contributed by atoms with Gasteiger partial charge in [-0.25, -0.2) is 0 Å². The molecule has 0 radical (unpaired) electrons. The van der Waals surface area contributed by atoms with Crippen molar-refractivity contribution in [1.29, 1.82) is 0 Å². The van der Waals surface area contributed by atoms with E-state index in [1.165, 1.54) is 5.56 Å². The van der Waals surface area contributed by atoms with E-state index >= 15 is 0 Å². The first-order chi connectivity index (χ1) is 9.93. The van der Waals surface area contributed by atoms with E-state index in [4.69, 9.17) is 0 Å². The van der Waals surface area contributed by atoms with E-state index in [1.54, 1.807) is 0 Å². The number of hydrogen-bond donors (Lipinski definition) is 1. The molecule has 1 saturated carbocycles. The summed E-state index contributed by atoms with van der Waals surface area (Å²) in [5, 5.41) is 9.74. The third-order valence-corrected chi connectivity index (χ3v) is 5.29. The second-order valence-corrected chi connectivity index (χ2v) is 7.41. The van der Waals surface area contributed by atoms with E-state index in [-0.39, 0.29) is 0 Å². The number of carbonyl (C=O) groups is 1. The lowest BCUT2D eigenvalue weighted by Crippen LogP contribution is -2.44. The molecule has 2 unspecified atom stereocenters. The maximum atomic E-state index is 11.8. The van der Waals surface area contributed by atoms with Crippen LogP contribution in [-0.4, -0.2) is 29.6 Å². The van der Waals surface area contributed by atoms with Crippen LogP contribution >= 0.6 is 15.9 Å². The van der Waals surface area contributed by atoms with E-state index in [0.717, 1.165) is 36.7 Å². The highest BCUT2D eigenvalue weighted by atomic mass is 79.9. The monoisotopic (exact) mass is 353 g/mol. The fourth-order valence-electron chi connectivity index (χ4n) is 3.56. The van der Waals surface area contributed by atoms with Gasteiger partial charge < -0.3 is 10.0 Å². The summed E-state index contributed by atoms with van der Waals surface area (Å²) < 4.78 is 1.08. The zero-order valence-corrected chi connectivity index (χ0v) is 14.4. The van der Waals surface area contributed by atoms with Crippen LogP contribution in [0.25, 0.3) is 0 Å². The predicted octanol–water partition coefficient (Wildman–Crippen LogP) is 4.16. The summed E-state index contributed by atoms with van der Waals surface area (Å²) in [7, 11) is 2.02. The van der Waals surface area contributed by atoms with E-state index in [2.05, 4.69) is 33.8 Å². The molecule has 2 rings (SSSR count). The van der Waals surface area contributed by atoms with Crippen molar-refractivity contribution in [3.8, 4) is 0 Å². The standard InChI is InChI=1S/C17H24BrNO2/c1-13-6-5-9-17(10-13,16(20)21)12-19(2)11-14-7-3-4-8-15(14)18/h3-4,7-8,13H,5-6,9-12H2,1-2H3,(H,20,21). The van der Waals surface area contributed by atoms with Gasteiger partial charge in [-0.05, 0) is 37.4 Å². The minimum Gasteiger partial charge on any atom is -0.481 e. The Kier molecular flexibility index (Phi) is 5.44. The molecule has 0 aliphatic heterocycles. The third kappa shape index (κ3) is 4.07. The molecule has 4 heteroatoms. The van der Waals surface area contributed by atoms with Crippen LogP contribution in [0.1, 0.15) is 38.2 Å². The lowest BCUT2D eigenvalue weighted by atomic mass is 9.69. The van der Waals surface area contributed by atoms with Crippen LogP contribution in [0.4, 0.5) is 0 Å². The van der Waals surface area contributed by atoms with Crippen LogP contribution < -0.4 is 0 Å². The average Bonchev–Trinajstić information content (AvgIpc) is 2.41. The summed E-state index contributed by atoms with van der Waals surface area (Å²) in [6, 6.07) is 8.12. The molecule has 0 aromatic heterocycles. The fraction of sp³-hybridized carbons (Fsp3) is 0.588. The molecule has 0 saturated heterocycles. The molecule has 1 aliphatic carbocycles. The Bertz CT molecular complexity index is 505. The number of carboxylic acids is 1. The number of nitrogens with zero attached hydrogens (tertiary/aromatic N) is 1. The van der Waals surface area contributed by atoms with Gasteiger partial charge in [0.25, 0.3) is 0 Å². The largest absolute Gasteiger partial charge is 0.481 e. The van der Waals surface area contributed by atoms with Crippen molar-refractivity contribution in [1.82, 2.24) is 4.90 Å². The lowest BCUT2D eigenvalue weighted by Gasteiger charge is -2.39. The Morgan fingerprint density at radius 1 is 1.48 bits per heavy atom. The number of aliphatic carboxylic acids is 1. The van der Waals surface area contributed by atoms with Gasteiger partial charge >= 0.3 is 5.97 Å². The second-order valence-electron chi connectivity index (χ2n) is 6.55. The Labute approximate surface area is 135 Å². The molecule has 1 fully saturated rings. The SMILES string of the molecule is CC1CCCC(CN(C)Cc2ccccc2Br)(C(=O)O)C1. The van der Waals surface area contributed by atoms with Gasteiger partial charge in [-0.2, -0.15) is 0 Å². The van der Waals surface area contributed by atoms with Crippen molar-refractivity contribution < 1.29 is 9.90 Å². The van der Waals surface area contributed by atoms with Crippen molar-refractivity contribution in [2.24, 2.45) is 11.3 Å². The topological polar surface area (TPSA) is 40.5 Å². The number of hydrogen-bond acceptors (Lipinski definition) is 2. The van der Waals surface area contributed by atoms with E-state index in [0.29, 0.717) is 12.5 Å². The van der Waals surface area contributed by atoms with Crippen LogP contribution in [0, 0.1) is 11.3 Å². The molecule has 1 aliphatic rings. The van der Waals surface area contributed by atoms with Crippen molar-refractivity contribution in [3.05, 3.63) is 34.3 Å². The highest BCUT2D eigenvalue weighted by Gasteiger charge is 2.42. The maximum Gasteiger partial charge on any atom is 0.310 e. The van der Waals surface area contributed by atoms with Crippen LogP contribution in [0.3, 0.4) is 0 Å². The summed E-state index contributed by atoms with van der Waals surface area (Å²) >= 11 is 3.56. The number of halogens is 1. The van der Waals surface area contributed by atoms with Crippen LogP contribution in [0.15, 0.2) is 28.7 Å². The van der Waals surface area contributed by atoms with Crippen LogP contribution in [0.2, 0.25) is 0 Å². The highest BCUT2D eigenvalue weighted by molar-refractivity contribution is 9.10.